The van der Waals surface area contributed by atoms with Crippen molar-refractivity contribution in [2.24, 2.45) is 0 Å². The van der Waals surface area contributed by atoms with Gasteiger partial charge in [0.15, 0.2) is 23.3 Å². The van der Waals surface area contributed by atoms with Gasteiger partial charge in [-0.1, -0.05) is 18.2 Å². The Morgan fingerprint density at radius 1 is 0.970 bits per heavy atom. The molecule has 0 atom stereocenters. The number of methoxy groups -OCH3 is 1. The summed E-state index contributed by atoms with van der Waals surface area (Å²) in [5.74, 6) is -10.8. The minimum atomic E-state index is -3.97. The van der Waals surface area contributed by atoms with E-state index in [-0.39, 0.29) is 30.4 Å². The fourth-order valence-electron chi connectivity index (χ4n) is 3.40. The highest BCUT2D eigenvalue weighted by atomic mass is 32.2. The van der Waals surface area contributed by atoms with Crippen LogP contribution in [0.1, 0.15) is 23.4 Å². The summed E-state index contributed by atoms with van der Waals surface area (Å²) < 4.78 is 110. The van der Waals surface area contributed by atoms with E-state index in [0.29, 0.717) is 6.26 Å². The Labute approximate surface area is 190 Å². The van der Waals surface area contributed by atoms with E-state index in [2.05, 4.69) is 4.74 Å². The summed E-state index contributed by atoms with van der Waals surface area (Å²) in [5.41, 5.74) is -3.92. The number of carbonyl (C=O) groups excluding carboxylic acids is 2. The monoisotopic (exact) mass is 489 g/mol. The molecule has 2 amide bonds. The molecule has 2 aromatic carbocycles. The van der Waals surface area contributed by atoms with Crippen molar-refractivity contribution in [3.05, 3.63) is 58.7 Å². The largest absolute Gasteiger partial charge is 0.496 e. The molecule has 0 saturated carbocycles. The fourth-order valence-corrected chi connectivity index (χ4v) is 3.86. The van der Waals surface area contributed by atoms with E-state index in [1.807, 2.05) is 0 Å². The molecule has 0 radical (unpaired) electrons. The van der Waals surface area contributed by atoms with Gasteiger partial charge in [-0.2, -0.15) is 0 Å². The lowest BCUT2D eigenvalue weighted by Crippen LogP contribution is -2.31. The number of rotatable bonds is 6. The molecule has 0 aromatic heterocycles. The van der Waals surface area contributed by atoms with E-state index in [4.69, 9.17) is 4.11 Å². The number of anilines is 1. The number of benzene rings is 2. The molecule has 2 N–H and O–H groups in total. The molecule has 0 heterocycles. The molecular weight excluding hydrogens is 468 g/mol. The van der Waals surface area contributed by atoms with Gasteiger partial charge in [0.05, 0.1) is 23.0 Å². The molecule has 7 nitrogen and oxygen atoms in total. The smallest absolute Gasteiger partial charge is 0.261 e. The normalized spacial score (nSPS) is 15.5. The van der Waals surface area contributed by atoms with Crippen LogP contribution in [0.3, 0.4) is 0 Å². The van der Waals surface area contributed by atoms with Crippen molar-refractivity contribution in [1.29, 1.82) is 0 Å². The Kier molecular flexibility index (Phi) is 5.65. The lowest BCUT2D eigenvalue weighted by atomic mass is 10.0. The number of para-hydroxylation sites is 1. The van der Waals surface area contributed by atoms with Gasteiger partial charge in [0.2, 0.25) is 10.0 Å². The van der Waals surface area contributed by atoms with E-state index < -0.39 is 74.7 Å². The first-order chi connectivity index (χ1) is 16.6. The summed E-state index contributed by atoms with van der Waals surface area (Å²) in [7, 11) is -7.01. The number of amides is 2. The lowest BCUT2D eigenvalue weighted by Gasteiger charge is -2.15. The first kappa shape index (κ1) is 20.2. The molecule has 0 saturated heterocycles. The van der Waals surface area contributed by atoms with Crippen molar-refractivity contribution in [2.45, 2.75) is 19.3 Å². The average Bonchev–Trinajstić information content (AvgIpc) is 3.25. The second-order valence-corrected chi connectivity index (χ2v) is 8.82. The lowest BCUT2D eigenvalue weighted by molar-refractivity contribution is -0.117. The number of sulfonamides is 1. The summed E-state index contributed by atoms with van der Waals surface area (Å²) >= 11 is 0. The van der Waals surface area contributed by atoms with Crippen LogP contribution in [-0.2, 0) is 19.6 Å². The Morgan fingerprint density at radius 2 is 1.55 bits per heavy atom. The molecule has 0 aliphatic heterocycles. The third-order valence-corrected chi connectivity index (χ3v) is 5.37. The van der Waals surface area contributed by atoms with Crippen molar-refractivity contribution in [3.63, 3.8) is 0 Å². The average molecular weight is 489 g/mol. The standard InChI is InChI=1S/C21H18F4N2O5S/c1-32-13-9-4-3-6-12(13)14-15(22)17(24)19(18(25)16(14)23)26-20(28)10-7-5-8-11(10)21(29)27-33(2,30)31/h3-4,6,9H,5,7-8H2,1-2H3,(H,26,28)(H,27,29)/i1D3. The summed E-state index contributed by atoms with van der Waals surface area (Å²) in [6, 6.07) is 4.51. The number of ether oxygens (including phenoxy) is 1. The first-order valence-electron chi connectivity index (χ1n) is 10.8. The van der Waals surface area contributed by atoms with Gasteiger partial charge in [0, 0.05) is 16.7 Å². The van der Waals surface area contributed by atoms with Crippen molar-refractivity contribution in [2.75, 3.05) is 18.6 Å². The zero-order chi connectivity index (χ0) is 27.0. The van der Waals surface area contributed by atoms with Crippen molar-refractivity contribution in [3.8, 4) is 16.9 Å². The fraction of sp³-hybridized carbons (Fsp3) is 0.238. The highest BCUT2D eigenvalue weighted by Crippen LogP contribution is 2.39. The minimum Gasteiger partial charge on any atom is -0.496 e. The minimum absolute atomic E-state index is 0.0169. The second kappa shape index (κ2) is 9.22. The van der Waals surface area contributed by atoms with Gasteiger partial charge in [0.25, 0.3) is 11.8 Å². The van der Waals surface area contributed by atoms with Crippen LogP contribution in [0, 0.1) is 23.3 Å². The van der Waals surface area contributed by atoms with Crippen LogP contribution in [0.4, 0.5) is 23.2 Å². The predicted molar refractivity (Wildman–Crippen MR) is 111 cm³/mol. The predicted octanol–water partition coefficient (Wildman–Crippen LogP) is 3.41. The van der Waals surface area contributed by atoms with Crippen LogP contribution < -0.4 is 14.8 Å². The van der Waals surface area contributed by atoms with Gasteiger partial charge in [-0.3, -0.25) is 9.59 Å². The van der Waals surface area contributed by atoms with Gasteiger partial charge < -0.3 is 10.1 Å². The van der Waals surface area contributed by atoms with E-state index in [0.717, 1.165) is 12.1 Å². The summed E-state index contributed by atoms with van der Waals surface area (Å²) in [6.07, 6.45) is 0.864. The van der Waals surface area contributed by atoms with Crippen molar-refractivity contribution in [1.82, 2.24) is 4.72 Å². The molecule has 2 aromatic rings. The summed E-state index contributed by atoms with van der Waals surface area (Å²) in [6.45, 7) is 0. The Morgan fingerprint density at radius 3 is 2.12 bits per heavy atom. The number of nitrogens with one attached hydrogen (secondary N) is 2. The van der Waals surface area contributed by atoms with Crippen LogP contribution in [0.2, 0.25) is 0 Å². The topological polar surface area (TPSA) is 102 Å². The Hall–Kier alpha value is -3.41. The van der Waals surface area contributed by atoms with E-state index in [1.54, 1.807) is 10.0 Å². The van der Waals surface area contributed by atoms with Crippen LogP contribution in [0.25, 0.3) is 11.1 Å². The molecule has 12 heteroatoms. The molecule has 3 rings (SSSR count). The Balaban J connectivity index is 2.03. The van der Waals surface area contributed by atoms with Crippen LogP contribution in [0.5, 0.6) is 5.75 Å². The van der Waals surface area contributed by atoms with E-state index in [9.17, 15) is 35.6 Å². The molecule has 33 heavy (non-hydrogen) atoms. The van der Waals surface area contributed by atoms with Crippen LogP contribution >= 0.6 is 0 Å². The summed E-state index contributed by atoms with van der Waals surface area (Å²) in [5, 5.41) is 1.70. The number of hydrogen-bond acceptors (Lipinski definition) is 5. The zero-order valence-electron chi connectivity index (χ0n) is 19.9. The number of carbonyl (C=O) groups is 2. The maximum Gasteiger partial charge on any atom is 0.261 e. The first-order valence-corrected chi connectivity index (χ1v) is 11.2. The molecule has 0 unspecified atom stereocenters. The highest BCUT2D eigenvalue weighted by Gasteiger charge is 2.31. The number of hydrogen-bond donors (Lipinski definition) is 2. The van der Waals surface area contributed by atoms with Gasteiger partial charge in [0.1, 0.15) is 11.4 Å². The molecule has 1 aliphatic rings. The van der Waals surface area contributed by atoms with Gasteiger partial charge in [-0.05, 0) is 25.3 Å². The highest BCUT2D eigenvalue weighted by molar-refractivity contribution is 7.89. The van der Waals surface area contributed by atoms with Crippen LogP contribution in [-0.4, -0.2) is 33.5 Å². The molecule has 176 valence electrons. The van der Waals surface area contributed by atoms with Gasteiger partial charge >= 0.3 is 0 Å². The Bertz CT molecular complexity index is 1370. The maximum atomic E-state index is 14.9. The molecular formula is C21H18F4N2O5S. The molecule has 0 bridgehead atoms. The van der Waals surface area contributed by atoms with Crippen molar-refractivity contribution < 1.29 is 44.4 Å². The van der Waals surface area contributed by atoms with Gasteiger partial charge in [-0.25, -0.2) is 30.7 Å². The van der Waals surface area contributed by atoms with E-state index >= 15 is 0 Å². The van der Waals surface area contributed by atoms with Crippen molar-refractivity contribution >= 4 is 27.5 Å². The maximum absolute atomic E-state index is 14.9. The molecule has 0 fully saturated rings. The molecule has 0 spiro atoms. The third-order valence-electron chi connectivity index (χ3n) is 4.81. The quantitative estimate of drug-likeness (QED) is 0.479. The summed E-state index contributed by atoms with van der Waals surface area (Å²) in [4.78, 5) is 24.8. The molecule has 1 aliphatic carbocycles. The SMILES string of the molecule is [2H]C([2H])([2H])Oc1ccccc1-c1c(F)c(F)c(NC(=O)C2=C(C(=O)NS(C)(=O)=O)CCC2)c(F)c1F. The van der Waals surface area contributed by atoms with Gasteiger partial charge in [-0.15, -0.1) is 0 Å². The number of halogens is 4. The third kappa shape index (κ3) is 4.85. The second-order valence-electron chi connectivity index (χ2n) is 7.07. The van der Waals surface area contributed by atoms with E-state index in [1.165, 1.54) is 12.1 Å². The zero-order valence-corrected chi connectivity index (χ0v) is 17.7. The van der Waals surface area contributed by atoms with Crippen LogP contribution in [0.15, 0.2) is 35.4 Å².